The maximum Gasteiger partial charge on any atom is 0.240 e. The lowest BCUT2D eigenvalue weighted by atomic mass is 10.3. The molecule has 0 atom stereocenters. The van der Waals surface area contributed by atoms with Gasteiger partial charge in [0, 0.05) is 12.3 Å². The number of nitrogens with one attached hydrogen (secondary N) is 1. The molecule has 1 rings (SSSR count). The van der Waals surface area contributed by atoms with E-state index in [1.54, 1.807) is 6.07 Å². The Balaban J connectivity index is 0. The summed E-state index contributed by atoms with van der Waals surface area (Å²) in [4.78, 5) is 11.3. The van der Waals surface area contributed by atoms with Gasteiger partial charge >= 0.3 is 0 Å². The molecule has 0 fully saturated rings. The summed E-state index contributed by atoms with van der Waals surface area (Å²) in [5.41, 5.74) is 0.189. The number of anilines is 1. The van der Waals surface area contributed by atoms with Crippen LogP contribution in [0.2, 0.25) is 0 Å². The van der Waals surface area contributed by atoms with E-state index in [0.717, 1.165) is 0 Å². The summed E-state index contributed by atoms with van der Waals surface area (Å²) >= 11 is 5.46. The molecule has 5 nitrogen and oxygen atoms in total. The number of alkyl halides is 1. The van der Waals surface area contributed by atoms with Crippen LogP contribution in [0.15, 0.2) is 29.2 Å². The number of primary sulfonamides is 1. The zero-order valence-electron chi connectivity index (χ0n) is 13.0. The summed E-state index contributed by atoms with van der Waals surface area (Å²) < 4.78 is 22.5. The second-order valence-electron chi connectivity index (χ2n) is 3.38. The van der Waals surface area contributed by atoms with Crippen LogP contribution in [0.3, 0.4) is 0 Å². The lowest BCUT2D eigenvalue weighted by molar-refractivity contribution is -0.116. The number of halogens is 1. The standard InChI is InChI=1S/C10H13ClN2O3S.2C2H6/c11-7-3-6-10(14)13-8-4-1-2-5-9(8)17(12,15)16;2*1-2/h1-2,4-5H,3,6-7H2,(H,13,14)(H2,12,15,16);2*1-2H3. The molecular formula is C14H25ClN2O3S. The first-order chi connectivity index (χ1) is 9.95. The average Bonchev–Trinajstić information content (AvgIpc) is 2.49. The third-order valence-corrected chi connectivity index (χ3v) is 3.24. The van der Waals surface area contributed by atoms with Crippen LogP contribution in [0.4, 0.5) is 5.69 Å². The summed E-state index contributed by atoms with van der Waals surface area (Å²) in [6.45, 7) is 8.00. The lowest BCUT2D eigenvalue weighted by Crippen LogP contribution is -2.18. The van der Waals surface area contributed by atoms with Crippen molar-refractivity contribution in [3.05, 3.63) is 24.3 Å². The van der Waals surface area contributed by atoms with Crippen molar-refractivity contribution in [3.8, 4) is 0 Å². The molecule has 0 aliphatic heterocycles. The van der Waals surface area contributed by atoms with E-state index in [1.807, 2.05) is 27.7 Å². The first-order valence-corrected chi connectivity index (χ1v) is 9.01. The highest BCUT2D eigenvalue weighted by Crippen LogP contribution is 2.19. The minimum atomic E-state index is -3.84. The van der Waals surface area contributed by atoms with Gasteiger partial charge < -0.3 is 5.32 Å². The van der Waals surface area contributed by atoms with Gasteiger partial charge in [0.25, 0.3) is 0 Å². The van der Waals surface area contributed by atoms with E-state index in [1.165, 1.54) is 18.2 Å². The van der Waals surface area contributed by atoms with E-state index in [2.05, 4.69) is 5.32 Å². The van der Waals surface area contributed by atoms with Gasteiger partial charge in [-0.2, -0.15) is 0 Å². The van der Waals surface area contributed by atoms with Crippen LogP contribution in [0, 0.1) is 0 Å². The Hall–Kier alpha value is -1.11. The second kappa shape index (κ2) is 12.6. The number of sulfonamides is 1. The Morgan fingerprint density at radius 2 is 1.71 bits per heavy atom. The third kappa shape index (κ3) is 9.44. The number of carbonyl (C=O) groups is 1. The monoisotopic (exact) mass is 336 g/mol. The SMILES string of the molecule is CC.CC.NS(=O)(=O)c1ccccc1NC(=O)CCCCl. The van der Waals surface area contributed by atoms with Crippen LogP contribution in [0.5, 0.6) is 0 Å². The molecule has 7 heteroatoms. The zero-order valence-corrected chi connectivity index (χ0v) is 14.6. The number of carbonyl (C=O) groups excluding carboxylic acids is 1. The molecule has 0 heterocycles. The molecule has 122 valence electrons. The summed E-state index contributed by atoms with van der Waals surface area (Å²) in [5, 5.41) is 7.53. The van der Waals surface area contributed by atoms with Crippen molar-refractivity contribution in [1.29, 1.82) is 0 Å². The van der Waals surface area contributed by atoms with Crippen LogP contribution in [0.1, 0.15) is 40.5 Å². The van der Waals surface area contributed by atoms with E-state index < -0.39 is 10.0 Å². The van der Waals surface area contributed by atoms with Gasteiger partial charge in [-0.1, -0.05) is 39.8 Å². The smallest absolute Gasteiger partial charge is 0.240 e. The van der Waals surface area contributed by atoms with Gasteiger partial charge in [0.2, 0.25) is 15.9 Å². The highest BCUT2D eigenvalue weighted by atomic mass is 35.5. The van der Waals surface area contributed by atoms with Gasteiger partial charge in [-0.15, -0.1) is 11.6 Å². The van der Waals surface area contributed by atoms with Crippen molar-refractivity contribution in [2.75, 3.05) is 11.2 Å². The van der Waals surface area contributed by atoms with Crippen LogP contribution in [0.25, 0.3) is 0 Å². The summed E-state index contributed by atoms with van der Waals surface area (Å²) in [6, 6.07) is 5.98. The molecule has 0 bridgehead atoms. The number of amides is 1. The fourth-order valence-corrected chi connectivity index (χ4v) is 2.09. The Morgan fingerprint density at radius 1 is 1.19 bits per heavy atom. The summed E-state index contributed by atoms with van der Waals surface area (Å²) in [7, 11) is -3.84. The van der Waals surface area contributed by atoms with Gasteiger partial charge in [0.1, 0.15) is 4.90 Å². The highest BCUT2D eigenvalue weighted by Gasteiger charge is 2.14. The number of para-hydroxylation sites is 1. The lowest BCUT2D eigenvalue weighted by Gasteiger charge is -2.08. The van der Waals surface area contributed by atoms with E-state index in [4.69, 9.17) is 16.7 Å². The molecule has 0 radical (unpaired) electrons. The van der Waals surface area contributed by atoms with Crippen LogP contribution in [-0.4, -0.2) is 20.2 Å². The molecule has 0 aliphatic rings. The second-order valence-corrected chi connectivity index (χ2v) is 5.29. The molecule has 1 amide bonds. The van der Waals surface area contributed by atoms with Crippen molar-refractivity contribution in [2.24, 2.45) is 5.14 Å². The molecule has 0 aromatic heterocycles. The normalized spacial score (nSPS) is 9.62. The van der Waals surface area contributed by atoms with Crippen LogP contribution in [-0.2, 0) is 14.8 Å². The fraction of sp³-hybridized carbons (Fsp3) is 0.500. The predicted octanol–water partition coefficient (Wildman–Crippen LogP) is 3.34. The fourth-order valence-electron chi connectivity index (χ4n) is 1.26. The topological polar surface area (TPSA) is 89.3 Å². The van der Waals surface area contributed by atoms with Crippen molar-refractivity contribution in [2.45, 2.75) is 45.4 Å². The number of benzene rings is 1. The molecule has 1 aromatic rings. The predicted molar refractivity (Wildman–Crippen MR) is 89.1 cm³/mol. The Bertz CT molecular complexity index is 505. The highest BCUT2D eigenvalue weighted by molar-refractivity contribution is 7.89. The number of rotatable bonds is 5. The van der Waals surface area contributed by atoms with Crippen LogP contribution < -0.4 is 10.5 Å². The number of nitrogens with two attached hydrogens (primary N) is 1. The molecule has 0 unspecified atom stereocenters. The molecule has 0 aliphatic carbocycles. The largest absolute Gasteiger partial charge is 0.325 e. The third-order valence-electron chi connectivity index (χ3n) is 2.01. The van der Waals surface area contributed by atoms with Crippen molar-refractivity contribution in [3.63, 3.8) is 0 Å². The molecule has 21 heavy (non-hydrogen) atoms. The van der Waals surface area contributed by atoms with Crippen molar-refractivity contribution < 1.29 is 13.2 Å². The van der Waals surface area contributed by atoms with Gasteiger partial charge in [-0.25, -0.2) is 13.6 Å². The number of hydrogen-bond donors (Lipinski definition) is 2. The first kappa shape index (κ1) is 22.2. The van der Waals surface area contributed by atoms with E-state index >= 15 is 0 Å². The van der Waals surface area contributed by atoms with Crippen LogP contribution >= 0.6 is 11.6 Å². The van der Waals surface area contributed by atoms with E-state index in [9.17, 15) is 13.2 Å². The Labute approximate surface area is 132 Å². The summed E-state index contributed by atoms with van der Waals surface area (Å²) in [5.74, 6) is 0.0892. The zero-order chi connectivity index (χ0) is 16.9. The minimum Gasteiger partial charge on any atom is -0.325 e. The van der Waals surface area contributed by atoms with Crippen molar-refractivity contribution in [1.82, 2.24) is 0 Å². The van der Waals surface area contributed by atoms with Gasteiger partial charge in [0.15, 0.2) is 0 Å². The van der Waals surface area contributed by atoms with E-state index in [-0.39, 0.29) is 22.9 Å². The molecule has 3 N–H and O–H groups in total. The Morgan fingerprint density at radius 3 is 2.19 bits per heavy atom. The molecule has 0 spiro atoms. The minimum absolute atomic E-state index is 0.0979. The maximum absolute atomic E-state index is 11.4. The van der Waals surface area contributed by atoms with Gasteiger partial charge in [-0.05, 0) is 18.6 Å². The van der Waals surface area contributed by atoms with E-state index in [0.29, 0.717) is 12.3 Å². The van der Waals surface area contributed by atoms with Gasteiger partial charge in [-0.3, -0.25) is 4.79 Å². The average molecular weight is 337 g/mol. The maximum atomic E-state index is 11.4. The molecule has 1 aromatic carbocycles. The summed E-state index contributed by atoms with van der Waals surface area (Å²) in [6.07, 6.45) is 0.771. The quantitative estimate of drug-likeness (QED) is 0.808. The van der Waals surface area contributed by atoms with Crippen molar-refractivity contribution >= 4 is 33.2 Å². The first-order valence-electron chi connectivity index (χ1n) is 6.93. The number of hydrogen-bond acceptors (Lipinski definition) is 3. The molecule has 0 saturated carbocycles. The molecular weight excluding hydrogens is 312 g/mol. The Kier molecular flexibility index (Phi) is 13.3. The van der Waals surface area contributed by atoms with Gasteiger partial charge in [0.05, 0.1) is 5.69 Å². The molecule has 0 saturated heterocycles.